The largest absolute Gasteiger partial charge is 0.490 e. The van der Waals surface area contributed by atoms with Crippen molar-refractivity contribution in [1.29, 1.82) is 0 Å². The van der Waals surface area contributed by atoms with E-state index in [0.29, 0.717) is 18.8 Å². The smallest absolute Gasteiger partial charge is 0.325 e. The summed E-state index contributed by atoms with van der Waals surface area (Å²) in [7, 11) is 1.38. The van der Waals surface area contributed by atoms with Gasteiger partial charge < -0.3 is 15.2 Å². The van der Waals surface area contributed by atoms with Crippen molar-refractivity contribution >= 4 is 5.97 Å². The van der Waals surface area contributed by atoms with Crippen molar-refractivity contribution in [2.45, 2.75) is 57.6 Å². The third kappa shape index (κ3) is 3.38. The lowest BCUT2D eigenvalue weighted by molar-refractivity contribution is -0.147. The van der Waals surface area contributed by atoms with Gasteiger partial charge >= 0.3 is 5.97 Å². The van der Waals surface area contributed by atoms with Crippen molar-refractivity contribution in [3.05, 3.63) is 29.3 Å². The van der Waals surface area contributed by atoms with Crippen molar-refractivity contribution in [2.24, 2.45) is 5.73 Å². The minimum atomic E-state index is -0.900. The van der Waals surface area contributed by atoms with Gasteiger partial charge in [-0.05, 0) is 42.9 Å². The van der Waals surface area contributed by atoms with E-state index in [1.807, 2.05) is 6.92 Å². The monoisotopic (exact) mass is 291 g/mol. The lowest BCUT2D eigenvalue weighted by Crippen LogP contribution is -2.47. The molecule has 116 valence electrons. The Morgan fingerprint density at radius 1 is 1.43 bits per heavy atom. The minimum Gasteiger partial charge on any atom is -0.490 e. The number of carbonyl (C=O) groups is 1. The molecule has 0 aromatic heterocycles. The van der Waals surface area contributed by atoms with Crippen LogP contribution in [0.25, 0.3) is 0 Å². The second-order valence-corrected chi connectivity index (χ2v) is 6.31. The molecule has 1 aromatic carbocycles. The Balaban J connectivity index is 2.10. The number of hydrogen-bond acceptors (Lipinski definition) is 4. The molecule has 21 heavy (non-hydrogen) atoms. The van der Waals surface area contributed by atoms with E-state index < -0.39 is 5.54 Å². The summed E-state index contributed by atoms with van der Waals surface area (Å²) in [4.78, 5) is 11.7. The summed E-state index contributed by atoms with van der Waals surface area (Å²) >= 11 is 0. The topological polar surface area (TPSA) is 61.5 Å². The van der Waals surface area contributed by atoms with E-state index in [0.717, 1.165) is 17.7 Å². The number of aryl methyl sites for hydroxylation is 1. The molecule has 0 amide bonds. The highest BCUT2D eigenvalue weighted by Crippen LogP contribution is 2.33. The van der Waals surface area contributed by atoms with E-state index in [1.54, 1.807) is 0 Å². The normalized spacial score (nSPS) is 25.1. The van der Waals surface area contributed by atoms with Gasteiger partial charge in [0.05, 0.1) is 7.11 Å². The summed E-state index contributed by atoms with van der Waals surface area (Å²) < 4.78 is 10.9. The van der Waals surface area contributed by atoms with E-state index in [2.05, 4.69) is 32.0 Å². The molecule has 1 fully saturated rings. The lowest BCUT2D eigenvalue weighted by atomic mass is 9.99. The number of methoxy groups -OCH3 is 1. The molecule has 1 aliphatic rings. The standard InChI is InChI=1S/C17H25NO3/c1-11(2)13-6-5-12(3)15(9-13)21-14-7-8-17(18,10-14)16(19)20-4/h5-6,9,11,14H,7-8,10,18H2,1-4H3. The highest BCUT2D eigenvalue weighted by Gasteiger charge is 2.44. The van der Waals surface area contributed by atoms with E-state index in [1.165, 1.54) is 12.7 Å². The molecule has 1 aromatic rings. The van der Waals surface area contributed by atoms with Gasteiger partial charge in [-0.1, -0.05) is 26.0 Å². The fourth-order valence-corrected chi connectivity index (χ4v) is 2.80. The van der Waals surface area contributed by atoms with Crippen molar-refractivity contribution < 1.29 is 14.3 Å². The first-order valence-corrected chi connectivity index (χ1v) is 7.50. The molecule has 2 rings (SSSR count). The summed E-state index contributed by atoms with van der Waals surface area (Å²) in [6.07, 6.45) is 1.85. The molecule has 0 radical (unpaired) electrons. The Kier molecular flexibility index (Phi) is 4.57. The van der Waals surface area contributed by atoms with Crippen LogP contribution >= 0.6 is 0 Å². The van der Waals surface area contributed by atoms with Crippen LogP contribution in [0.15, 0.2) is 18.2 Å². The molecule has 1 aliphatic carbocycles. The summed E-state index contributed by atoms with van der Waals surface area (Å²) in [6.45, 7) is 6.35. The summed E-state index contributed by atoms with van der Waals surface area (Å²) in [6, 6.07) is 6.30. The summed E-state index contributed by atoms with van der Waals surface area (Å²) in [5.74, 6) is 1.00. The number of ether oxygens (including phenoxy) is 2. The molecular weight excluding hydrogens is 266 g/mol. The van der Waals surface area contributed by atoms with Crippen LogP contribution in [-0.2, 0) is 9.53 Å². The quantitative estimate of drug-likeness (QED) is 0.866. The van der Waals surface area contributed by atoms with E-state index in [9.17, 15) is 4.79 Å². The van der Waals surface area contributed by atoms with Crippen LogP contribution in [0.4, 0.5) is 0 Å². The molecule has 0 saturated heterocycles. The van der Waals surface area contributed by atoms with Gasteiger partial charge in [0.25, 0.3) is 0 Å². The number of esters is 1. The predicted molar refractivity (Wildman–Crippen MR) is 82.5 cm³/mol. The Morgan fingerprint density at radius 2 is 2.14 bits per heavy atom. The molecule has 1 saturated carbocycles. The summed E-state index contributed by atoms with van der Waals surface area (Å²) in [5.41, 5.74) is 7.57. The zero-order valence-electron chi connectivity index (χ0n) is 13.3. The summed E-state index contributed by atoms with van der Waals surface area (Å²) in [5, 5.41) is 0. The van der Waals surface area contributed by atoms with Gasteiger partial charge in [-0.2, -0.15) is 0 Å². The number of rotatable bonds is 4. The van der Waals surface area contributed by atoms with Gasteiger partial charge in [-0.15, -0.1) is 0 Å². The van der Waals surface area contributed by atoms with Gasteiger partial charge in [-0.3, -0.25) is 4.79 Å². The lowest BCUT2D eigenvalue weighted by Gasteiger charge is -2.21. The van der Waals surface area contributed by atoms with E-state index >= 15 is 0 Å². The SMILES string of the molecule is COC(=O)C1(N)CCC(Oc2cc(C(C)C)ccc2C)C1. The molecule has 0 aliphatic heterocycles. The van der Waals surface area contributed by atoms with Gasteiger partial charge in [0.1, 0.15) is 17.4 Å². The Hall–Kier alpha value is -1.55. The van der Waals surface area contributed by atoms with Crippen LogP contribution in [0.2, 0.25) is 0 Å². The first-order valence-electron chi connectivity index (χ1n) is 7.50. The average Bonchev–Trinajstić information content (AvgIpc) is 2.82. The third-order valence-corrected chi connectivity index (χ3v) is 4.27. The zero-order chi connectivity index (χ0) is 15.6. The van der Waals surface area contributed by atoms with Gasteiger partial charge in [0, 0.05) is 6.42 Å². The van der Waals surface area contributed by atoms with Crippen LogP contribution in [0, 0.1) is 6.92 Å². The number of hydrogen-bond donors (Lipinski definition) is 1. The van der Waals surface area contributed by atoms with Crippen molar-refractivity contribution in [3.8, 4) is 5.75 Å². The molecule has 2 atom stereocenters. The van der Waals surface area contributed by atoms with Crippen LogP contribution in [-0.4, -0.2) is 24.7 Å². The maximum Gasteiger partial charge on any atom is 0.325 e. The first-order chi connectivity index (χ1) is 9.85. The minimum absolute atomic E-state index is 0.0322. The predicted octanol–water partition coefficient (Wildman–Crippen LogP) is 2.92. The molecular formula is C17H25NO3. The van der Waals surface area contributed by atoms with Crippen molar-refractivity contribution in [1.82, 2.24) is 0 Å². The Labute approximate surface area is 126 Å². The van der Waals surface area contributed by atoms with Gasteiger partial charge in [0.15, 0.2) is 0 Å². The highest BCUT2D eigenvalue weighted by atomic mass is 16.5. The highest BCUT2D eigenvalue weighted by molar-refractivity contribution is 5.80. The maximum atomic E-state index is 11.7. The second kappa shape index (κ2) is 6.06. The number of nitrogens with two attached hydrogens (primary N) is 1. The number of carbonyl (C=O) groups excluding carboxylic acids is 1. The Morgan fingerprint density at radius 3 is 2.76 bits per heavy atom. The molecule has 0 heterocycles. The fourth-order valence-electron chi connectivity index (χ4n) is 2.80. The van der Waals surface area contributed by atoms with Crippen LogP contribution in [0.1, 0.15) is 50.2 Å². The van der Waals surface area contributed by atoms with E-state index in [-0.39, 0.29) is 12.1 Å². The first kappa shape index (κ1) is 15.8. The zero-order valence-corrected chi connectivity index (χ0v) is 13.3. The molecule has 0 spiro atoms. The molecule has 2 N–H and O–H groups in total. The molecule has 0 bridgehead atoms. The second-order valence-electron chi connectivity index (χ2n) is 6.31. The van der Waals surface area contributed by atoms with Gasteiger partial charge in [0.2, 0.25) is 0 Å². The van der Waals surface area contributed by atoms with Crippen molar-refractivity contribution in [3.63, 3.8) is 0 Å². The average molecular weight is 291 g/mol. The van der Waals surface area contributed by atoms with Crippen molar-refractivity contribution in [2.75, 3.05) is 7.11 Å². The Bertz CT molecular complexity index is 527. The van der Waals surface area contributed by atoms with E-state index in [4.69, 9.17) is 15.2 Å². The molecule has 4 nitrogen and oxygen atoms in total. The molecule has 2 unspecified atom stereocenters. The molecule has 4 heteroatoms. The third-order valence-electron chi connectivity index (χ3n) is 4.27. The van der Waals surface area contributed by atoms with Gasteiger partial charge in [-0.25, -0.2) is 0 Å². The fraction of sp³-hybridized carbons (Fsp3) is 0.588. The maximum absolute atomic E-state index is 11.7. The van der Waals surface area contributed by atoms with Crippen LogP contribution < -0.4 is 10.5 Å². The van der Waals surface area contributed by atoms with Crippen LogP contribution in [0.5, 0.6) is 5.75 Å². The number of benzene rings is 1. The van der Waals surface area contributed by atoms with Crippen LogP contribution in [0.3, 0.4) is 0 Å².